The number of nitrogens with zero attached hydrogens (tertiary/aromatic N) is 4. The van der Waals surface area contributed by atoms with Gasteiger partial charge in [0.15, 0.2) is 17.5 Å². The maximum Gasteiger partial charge on any atom is 0.164 e. The molecule has 0 spiro atoms. The Kier molecular flexibility index (Phi) is 7.34. The molecule has 0 radical (unpaired) electrons. The summed E-state index contributed by atoms with van der Waals surface area (Å²) in [6, 6.07) is 56.9. The van der Waals surface area contributed by atoms with Gasteiger partial charge in [-0.1, -0.05) is 143 Å². The highest BCUT2D eigenvalue weighted by Crippen LogP contribution is 2.48. The summed E-state index contributed by atoms with van der Waals surface area (Å²) in [5.74, 6) is 1.97. The van der Waals surface area contributed by atoms with Crippen LogP contribution < -0.4 is 0 Å². The molecule has 10 aromatic rings. The van der Waals surface area contributed by atoms with Gasteiger partial charge in [0.05, 0.1) is 11.0 Å². The molecule has 4 heteroatoms. The van der Waals surface area contributed by atoms with E-state index in [0.717, 1.165) is 43.9 Å². The average Bonchev–Trinajstić information content (AvgIpc) is 3.57. The van der Waals surface area contributed by atoms with Crippen LogP contribution in [0.15, 0.2) is 158 Å². The van der Waals surface area contributed by atoms with Crippen molar-refractivity contribution in [2.24, 2.45) is 0 Å². The van der Waals surface area contributed by atoms with Crippen molar-refractivity contribution in [1.29, 1.82) is 0 Å². The summed E-state index contributed by atoms with van der Waals surface area (Å²) >= 11 is 0. The van der Waals surface area contributed by atoms with E-state index in [1.165, 1.54) is 56.5 Å². The van der Waals surface area contributed by atoms with Crippen molar-refractivity contribution in [3.05, 3.63) is 169 Å². The van der Waals surface area contributed by atoms with Crippen molar-refractivity contribution in [1.82, 2.24) is 19.5 Å². The molecule has 0 bridgehead atoms. The van der Waals surface area contributed by atoms with Gasteiger partial charge < -0.3 is 4.57 Å². The van der Waals surface area contributed by atoms with E-state index < -0.39 is 0 Å². The molecule has 0 fully saturated rings. The lowest BCUT2D eigenvalue weighted by atomic mass is 9.63. The molecule has 1 aliphatic carbocycles. The van der Waals surface area contributed by atoms with E-state index in [-0.39, 0.29) is 10.8 Å². The number of hydrogen-bond donors (Lipinski definition) is 0. The van der Waals surface area contributed by atoms with Gasteiger partial charge in [-0.2, -0.15) is 0 Å². The summed E-state index contributed by atoms with van der Waals surface area (Å²) in [5.41, 5.74) is 9.72. The Morgan fingerprint density at radius 1 is 0.404 bits per heavy atom. The molecular formula is C53H42N4. The number of benzene rings is 8. The van der Waals surface area contributed by atoms with Gasteiger partial charge in [-0.05, 0) is 110 Å². The van der Waals surface area contributed by atoms with Crippen LogP contribution >= 0.6 is 0 Å². The summed E-state index contributed by atoms with van der Waals surface area (Å²) < 4.78 is 2.47. The van der Waals surface area contributed by atoms with Crippen LogP contribution in [0.5, 0.6) is 0 Å². The molecule has 274 valence electrons. The molecule has 0 N–H and O–H groups in total. The molecule has 57 heavy (non-hydrogen) atoms. The number of aromatic nitrogens is 4. The molecule has 0 saturated carbocycles. The van der Waals surface area contributed by atoms with Crippen LogP contribution in [0, 0.1) is 0 Å². The largest absolute Gasteiger partial charge is 0.309 e. The van der Waals surface area contributed by atoms with E-state index in [0.29, 0.717) is 17.5 Å². The van der Waals surface area contributed by atoms with Gasteiger partial charge in [0, 0.05) is 33.2 Å². The Bertz CT molecular complexity index is 3250. The molecule has 2 heterocycles. The molecule has 4 nitrogen and oxygen atoms in total. The fourth-order valence-corrected chi connectivity index (χ4v) is 9.32. The zero-order valence-corrected chi connectivity index (χ0v) is 32.7. The molecule has 0 saturated heterocycles. The van der Waals surface area contributed by atoms with E-state index in [1.807, 2.05) is 0 Å². The standard InChI is InChI=1S/C53H42N4/c1-52(2)26-27-53(3,4)46-32-48-44(31-45(46)52)42-17-9-10-19-47(42)57(48)40-25-24-34-21-23-38(29-39(34)30-40)50-54-49(37-22-20-33-12-5-6-14-36(33)28-37)55-51(56-50)43-18-11-15-35-13-7-8-16-41(35)43/h5-25,28-32H,26-27H2,1-4H3. The molecule has 2 aromatic heterocycles. The van der Waals surface area contributed by atoms with Crippen LogP contribution in [0.4, 0.5) is 0 Å². The van der Waals surface area contributed by atoms with Crippen LogP contribution in [0.3, 0.4) is 0 Å². The normalized spacial score (nSPS) is 14.8. The highest BCUT2D eigenvalue weighted by atomic mass is 15.0. The van der Waals surface area contributed by atoms with Gasteiger partial charge in [-0.15, -0.1) is 0 Å². The third-order valence-electron chi connectivity index (χ3n) is 12.7. The van der Waals surface area contributed by atoms with E-state index >= 15 is 0 Å². The SMILES string of the molecule is CC1(C)CCC(C)(C)c2cc3c(cc21)c1ccccc1n3-c1ccc2ccc(-c3nc(-c4ccc5ccccc5c4)nc(-c4cccc5ccccc45)n3)cc2c1. The predicted molar refractivity (Wildman–Crippen MR) is 238 cm³/mol. The van der Waals surface area contributed by atoms with Gasteiger partial charge >= 0.3 is 0 Å². The summed E-state index contributed by atoms with van der Waals surface area (Å²) in [6.45, 7) is 9.65. The highest BCUT2D eigenvalue weighted by molar-refractivity contribution is 6.10. The van der Waals surface area contributed by atoms with Crippen LogP contribution in [-0.2, 0) is 10.8 Å². The number of para-hydroxylation sites is 1. The molecule has 0 atom stereocenters. The maximum absolute atomic E-state index is 5.21. The van der Waals surface area contributed by atoms with Gasteiger partial charge in [-0.3, -0.25) is 0 Å². The lowest BCUT2D eigenvalue weighted by molar-refractivity contribution is 0.332. The van der Waals surface area contributed by atoms with Crippen LogP contribution in [0.2, 0.25) is 0 Å². The summed E-state index contributed by atoms with van der Waals surface area (Å²) in [4.78, 5) is 15.5. The minimum atomic E-state index is 0.111. The lowest BCUT2D eigenvalue weighted by Crippen LogP contribution is -2.33. The third-order valence-corrected chi connectivity index (χ3v) is 12.7. The Morgan fingerprint density at radius 3 is 1.72 bits per heavy atom. The zero-order chi connectivity index (χ0) is 38.5. The second-order valence-corrected chi connectivity index (χ2v) is 17.2. The van der Waals surface area contributed by atoms with E-state index in [4.69, 9.17) is 15.0 Å². The molecule has 0 unspecified atom stereocenters. The minimum absolute atomic E-state index is 0.111. The highest BCUT2D eigenvalue weighted by Gasteiger charge is 2.38. The first kappa shape index (κ1) is 33.7. The first-order chi connectivity index (χ1) is 27.7. The minimum Gasteiger partial charge on any atom is -0.309 e. The van der Waals surface area contributed by atoms with E-state index in [2.05, 4.69) is 190 Å². The predicted octanol–water partition coefficient (Wildman–Crippen LogP) is 13.8. The zero-order valence-electron chi connectivity index (χ0n) is 32.7. The smallest absolute Gasteiger partial charge is 0.164 e. The first-order valence-electron chi connectivity index (χ1n) is 20.1. The van der Waals surface area contributed by atoms with E-state index in [9.17, 15) is 0 Å². The molecule has 1 aliphatic rings. The van der Waals surface area contributed by atoms with Crippen molar-refractivity contribution in [3.63, 3.8) is 0 Å². The monoisotopic (exact) mass is 734 g/mol. The third kappa shape index (κ3) is 5.46. The fourth-order valence-electron chi connectivity index (χ4n) is 9.32. The number of rotatable bonds is 4. The summed E-state index contributed by atoms with van der Waals surface area (Å²) in [6.07, 6.45) is 2.37. The average molecular weight is 735 g/mol. The second kappa shape index (κ2) is 12.4. The van der Waals surface area contributed by atoms with Crippen molar-refractivity contribution in [3.8, 4) is 39.9 Å². The quantitative estimate of drug-likeness (QED) is 0.181. The van der Waals surface area contributed by atoms with Crippen LogP contribution in [0.25, 0.3) is 94.0 Å². The molecule has 11 rings (SSSR count). The lowest BCUT2D eigenvalue weighted by Gasteiger charge is -2.42. The van der Waals surface area contributed by atoms with Crippen molar-refractivity contribution < 1.29 is 0 Å². The van der Waals surface area contributed by atoms with Crippen LogP contribution in [-0.4, -0.2) is 19.5 Å². The maximum atomic E-state index is 5.21. The molecule has 0 amide bonds. The van der Waals surface area contributed by atoms with E-state index in [1.54, 1.807) is 0 Å². The number of fused-ring (bicyclic) bond motifs is 7. The Hall–Kier alpha value is -6.65. The van der Waals surface area contributed by atoms with Gasteiger partial charge in [0.1, 0.15) is 0 Å². The molecular weight excluding hydrogens is 693 g/mol. The first-order valence-corrected chi connectivity index (χ1v) is 20.1. The summed E-state index contributed by atoms with van der Waals surface area (Å²) in [7, 11) is 0. The van der Waals surface area contributed by atoms with Crippen LogP contribution in [0.1, 0.15) is 51.7 Å². The van der Waals surface area contributed by atoms with Crippen molar-refractivity contribution >= 4 is 54.1 Å². The fraction of sp³-hybridized carbons (Fsp3) is 0.151. The Labute approximate surface area is 332 Å². The van der Waals surface area contributed by atoms with Gasteiger partial charge in [-0.25, -0.2) is 15.0 Å². The molecule has 8 aromatic carbocycles. The van der Waals surface area contributed by atoms with Gasteiger partial charge in [0.2, 0.25) is 0 Å². The topological polar surface area (TPSA) is 43.6 Å². The summed E-state index contributed by atoms with van der Waals surface area (Å²) in [5, 5.41) is 9.51. The Morgan fingerprint density at radius 2 is 0.965 bits per heavy atom. The van der Waals surface area contributed by atoms with Crippen molar-refractivity contribution in [2.75, 3.05) is 0 Å². The second-order valence-electron chi connectivity index (χ2n) is 17.2. The molecule has 0 aliphatic heterocycles. The number of hydrogen-bond acceptors (Lipinski definition) is 3. The van der Waals surface area contributed by atoms with Crippen molar-refractivity contribution in [2.45, 2.75) is 51.4 Å². The Balaban J connectivity index is 1.10. The van der Waals surface area contributed by atoms with Gasteiger partial charge in [0.25, 0.3) is 0 Å².